The SMILES string of the molecule is CCc1ccccc1C1CCN(c2nc3ccccc3n2P)CC1. The molecule has 24 heavy (non-hydrogen) atoms. The lowest BCUT2D eigenvalue weighted by molar-refractivity contribution is 0.497. The summed E-state index contributed by atoms with van der Waals surface area (Å²) in [6.45, 7) is 4.39. The fourth-order valence-corrected chi connectivity index (χ4v) is 4.34. The van der Waals surface area contributed by atoms with Crippen LogP contribution < -0.4 is 4.90 Å². The van der Waals surface area contributed by atoms with Gasteiger partial charge in [-0.05, 0) is 57.8 Å². The molecule has 3 aromatic rings. The number of hydrogen-bond acceptors (Lipinski definition) is 2. The van der Waals surface area contributed by atoms with E-state index in [0.29, 0.717) is 5.92 Å². The largest absolute Gasteiger partial charge is 0.342 e. The molecule has 0 saturated carbocycles. The maximum absolute atomic E-state index is 4.84. The molecule has 4 rings (SSSR count). The normalized spacial score (nSPS) is 16.0. The molecule has 0 aliphatic carbocycles. The molecule has 0 N–H and O–H groups in total. The van der Waals surface area contributed by atoms with Gasteiger partial charge in [0.1, 0.15) is 0 Å². The van der Waals surface area contributed by atoms with Crippen LogP contribution in [0.5, 0.6) is 0 Å². The Morgan fingerprint density at radius 1 is 1.04 bits per heavy atom. The first-order chi connectivity index (χ1) is 11.8. The Balaban J connectivity index is 1.54. The summed E-state index contributed by atoms with van der Waals surface area (Å²) >= 11 is 0. The van der Waals surface area contributed by atoms with Crippen molar-refractivity contribution in [1.29, 1.82) is 0 Å². The van der Waals surface area contributed by atoms with Gasteiger partial charge in [-0.1, -0.05) is 43.3 Å². The molecule has 1 aromatic heterocycles. The molecule has 2 aromatic carbocycles. The molecule has 1 saturated heterocycles. The fraction of sp³-hybridized carbons (Fsp3) is 0.350. The van der Waals surface area contributed by atoms with E-state index in [-0.39, 0.29) is 0 Å². The quantitative estimate of drug-likeness (QED) is 0.650. The van der Waals surface area contributed by atoms with Gasteiger partial charge in [-0.3, -0.25) is 4.34 Å². The highest BCUT2D eigenvalue weighted by atomic mass is 31.0. The summed E-state index contributed by atoms with van der Waals surface area (Å²) in [7, 11) is 2.82. The lowest BCUT2D eigenvalue weighted by Gasteiger charge is -2.33. The molecular weight excluding hydrogens is 313 g/mol. The van der Waals surface area contributed by atoms with Crippen LogP contribution in [0.3, 0.4) is 0 Å². The van der Waals surface area contributed by atoms with Crippen LogP contribution in [0, 0.1) is 0 Å². The van der Waals surface area contributed by atoms with Crippen molar-refractivity contribution < 1.29 is 0 Å². The van der Waals surface area contributed by atoms with Gasteiger partial charge in [0.05, 0.1) is 11.0 Å². The number of benzene rings is 2. The monoisotopic (exact) mass is 337 g/mol. The lowest BCUT2D eigenvalue weighted by atomic mass is 9.86. The second-order valence-electron chi connectivity index (χ2n) is 6.58. The third kappa shape index (κ3) is 2.71. The Morgan fingerprint density at radius 2 is 1.75 bits per heavy atom. The Kier molecular flexibility index (Phi) is 4.28. The van der Waals surface area contributed by atoms with E-state index in [1.807, 2.05) is 0 Å². The van der Waals surface area contributed by atoms with Crippen LogP contribution in [0.4, 0.5) is 5.95 Å². The number of fused-ring (bicyclic) bond motifs is 1. The number of aryl methyl sites for hydroxylation is 1. The molecule has 1 atom stereocenters. The minimum absolute atomic E-state index is 0.680. The van der Waals surface area contributed by atoms with Crippen molar-refractivity contribution in [1.82, 2.24) is 9.32 Å². The van der Waals surface area contributed by atoms with Crippen LogP contribution in [0.1, 0.15) is 36.8 Å². The zero-order chi connectivity index (χ0) is 16.5. The zero-order valence-electron chi connectivity index (χ0n) is 14.2. The van der Waals surface area contributed by atoms with Gasteiger partial charge in [0.15, 0.2) is 0 Å². The Bertz CT molecular complexity index is 847. The zero-order valence-corrected chi connectivity index (χ0v) is 15.3. The van der Waals surface area contributed by atoms with Crippen molar-refractivity contribution in [2.24, 2.45) is 0 Å². The van der Waals surface area contributed by atoms with Crippen molar-refractivity contribution in [3.63, 3.8) is 0 Å². The third-order valence-corrected chi connectivity index (χ3v) is 5.74. The molecule has 3 nitrogen and oxygen atoms in total. The van der Waals surface area contributed by atoms with Crippen molar-refractivity contribution in [2.45, 2.75) is 32.1 Å². The van der Waals surface area contributed by atoms with E-state index in [9.17, 15) is 0 Å². The van der Waals surface area contributed by atoms with Crippen molar-refractivity contribution in [2.75, 3.05) is 18.0 Å². The number of imidazole rings is 1. The fourth-order valence-electron chi connectivity index (χ4n) is 3.90. The number of aromatic nitrogens is 2. The molecule has 0 amide bonds. The number of hydrogen-bond donors (Lipinski definition) is 0. The maximum Gasteiger partial charge on any atom is 0.209 e. The molecular formula is C20H24N3P. The number of rotatable bonds is 3. The number of nitrogens with zero attached hydrogens (tertiary/aromatic N) is 3. The van der Waals surface area contributed by atoms with E-state index in [2.05, 4.69) is 74.1 Å². The van der Waals surface area contributed by atoms with Crippen LogP contribution in [0.15, 0.2) is 48.5 Å². The summed E-state index contributed by atoms with van der Waals surface area (Å²) in [5.41, 5.74) is 5.31. The van der Waals surface area contributed by atoms with Gasteiger partial charge in [-0.2, -0.15) is 0 Å². The molecule has 0 radical (unpaired) electrons. The van der Waals surface area contributed by atoms with Gasteiger partial charge in [-0.25, -0.2) is 4.98 Å². The van der Waals surface area contributed by atoms with Crippen molar-refractivity contribution in [3.05, 3.63) is 59.7 Å². The smallest absolute Gasteiger partial charge is 0.209 e. The van der Waals surface area contributed by atoms with E-state index in [4.69, 9.17) is 4.98 Å². The number of anilines is 1. The predicted octanol–water partition coefficient (Wildman–Crippen LogP) is 4.62. The first-order valence-corrected chi connectivity index (χ1v) is 9.35. The molecule has 1 unspecified atom stereocenters. The minimum Gasteiger partial charge on any atom is -0.342 e. The van der Waals surface area contributed by atoms with Gasteiger partial charge in [0.25, 0.3) is 0 Å². The third-order valence-electron chi connectivity index (χ3n) is 5.23. The first kappa shape index (κ1) is 15.7. The molecule has 124 valence electrons. The topological polar surface area (TPSA) is 21.1 Å². The second kappa shape index (κ2) is 6.57. The molecule has 1 aliphatic rings. The van der Waals surface area contributed by atoms with Crippen molar-refractivity contribution in [3.8, 4) is 0 Å². The summed E-state index contributed by atoms with van der Waals surface area (Å²) in [5, 5.41) is 0. The highest BCUT2D eigenvalue weighted by molar-refractivity contribution is 7.15. The summed E-state index contributed by atoms with van der Waals surface area (Å²) in [4.78, 5) is 7.26. The van der Waals surface area contributed by atoms with Crippen LogP contribution >= 0.6 is 9.39 Å². The van der Waals surface area contributed by atoms with Gasteiger partial charge in [0.2, 0.25) is 5.95 Å². The maximum atomic E-state index is 4.84. The summed E-state index contributed by atoms with van der Waals surface area (Å²) in [6.07, 6.45) is 3.52. The summed E-state index contributed by atoms with van der Waals surface area (Å²) in [5.74, 6) is 1.75. The average molecular weight is 337 g/mol. The Labute approximate surface area is 146 Å². The number of para-hydroxylation sites is 2. The Hall–Kier alpha value is -1.86. The van der Waals surface area contributed by atoms with Crippen LogP contribution in [0.25, 0.3) is 11.0 Å². The van der Waals surface area contributed by atoms with E-state index >= 15 is 0 Å². The van der Waals surface area contributed by atoms with E-state index in [1.165, 1.54) is 23.9 Å². The molecule has 0 spiro atoms. The van der Waals surface area contributed by atoms with Crippen LogP contribution in [-0.4, -0.2) is 22.4 Å². The van der Waals surface area contributed by atoms with Crippen LogP contribution in [0.2, 0.25) is 0 Å². The predicted molar refractivity (Wildman–Crippen MR) is 105 cm³/mol. The average Bonchev–Trinajstić information content (AvgIpc) is 2.99. The standard InChI is InChI=1S/C20H24N3P/c1-2-15-7-3-4-8-17(15)16-11-13-22(14-12-16)20-21-18-9-5-6-10-19(18)23(20)24/h3-10,16H,2,11-14,24H2,1H3. The highest BCUT2D eigenvalue weighted by Gasteiger charge is 2.24. The van der Waals surface area contributed by atoms with E-state index < -0.39 is 0 Å². The van der Waals surface area contributed by atoms with Crippen LogP contribution in [-0.2, 0) is 6.42 Å². The highest BCUT2D eigenvalue weighted by Crippen LogP contribution is 2.33. The molecule has 2 heterocycles. The van der Waals surface area contributed by atoms with E-state index in [1.54, 1.807) is 5.56 Å². The van der Waals surface area contributed by atoms with Crippen molar-refractivity contribution >= 4 is 26.4 Å². The minimum atomic E-state index is 0.680. The molecule has 4 heteroatoms. The Morgan fingerprint density at radius 3 is 2.50 bits per heavy atom. The first-order valence-electron chi connectivity index (χ1n) is 8.83. The molecule has 0 bridgehead atoms. The molecule has 1 fully saturated rings. The summed E-state index contributed by atoms with van der Waals surface area (Å²) in [6, 6.07) is 17.3. The second-order valence-corrected chi connectivity index (χ2v) is 7.10. The molecule has 1 aliphatic heterocycles. The summed E-state index contributed by atoms with van der Waals surface area (Å²) < 4.78 is 2.15. The van der Waals surface area contributed by atoms with Gasteiger partial charge in [-0.15, -0.1) is 0 Å². The lowest BCUT2D eigenvalue weighted by Crippen LogP contribution is -2.34. The van der Waals surface area contributed by atoms with Gasteiger partial charge >= 0.3 is 0 Å². The number of piperidine rings is 1. The van der Waals surface area contributed by atoms with E-state index in [0.717, 1.165) is 31.0 Å². The van der Waals surface area contributed by atoms with Gasteiger partial charge < -0.3 is 4.90 Å². The van der Waals surface area contributed by atoms with Gasteiger partial charge in [0, 0.05) is 13.1 Å².